The number of halogens is 1. The second kappa shape index (κ2) is 4.87. The third-order valence-electron chi connectivity index (χ3n) is 3.76. The number of benzene rings is 3. The van der Waals surface area contributed by atoms with Crippen LogP contribution in [0.25, 0.3) is 32.8 Å². The molecular weight excluding hydrogens is 278 g/mol. The summed E-state index contributed by atoms with van der Waals surface area (Å²) in [6.07, 6.45) is 0. The lowest BCUT2D eigenvalue weighted by Gasteiger charge is -2.08. The van der Waals surface area contributed by atoms with Gasteiger partial charge in [-0.2, -0.15) is 0 Å². The molecular formula is C19H12ClN. The molecule has 0 atom stereocenters. The summed E-state index contributed by atoms with van der Waals surface area (Å²) in [7, 11) is 0. The lowest BCUT2D eigenvalue weighted by Crippen LogP contribution is -1.85. The molecule has 4 aromatic rings. The van der Waals surface area contributed by atoms with E-state index < -0.39 is 0 Å². The third-order valence-corrected chi connectivity index (χ3v) is 3.97. The molecule has 0 saturated carbocycles. The van der Waals surface area contributed by atoms with Crippen molar-refractivity contribution in [1.82, 2.24) is 4.98 Å². The zero-order valence-electron chi connectivity index (χ0n) is 11.3. The molecule has 0 aliphatic carbocycles. The number of pyridine rings is 1. The zero-order chi connectivity index (χ0) is 14.2. The van der Waals surface area contributed by atoms with Crippen molar-refractivity contribution in [1.29, 1.82) is 0 Å². The molecule has 1 nitrogen and oxygen atoms in total. The molecule has 0 spiro atoms. The number of hydrogen-bond acceptors (Lipinski definition) is 1. The molecule has 21 heavy (non-hydrogen) atoms. The largest absolute Gasteiger partial charge is 0.236 e. The van der Waals surface area contributed by atoms with Gasteiger partial charge in [-0.1, -0.05) is 60.1 Å². The van der Waals surface area contributed by atoms with Crippen LogP contribution in [0, 0.1) is 0 Å². The molecule has 4 rings (SSSR count). The molecule has 0 saturated heterocycles. The maximum atomic E-state index is 5.98. The smallest absolute Gasteiger partial charge is 0.129 e. The summed E-state index contributed by atoms with van der Waals surface area (Å²) in [5, 5.41) is 4.15. The van der Waals surface area contributed by atoms with Gasteiger partial charge in [0.2, 0.25) is 0 Å². The summed E-state index contributed by atoms with van der Waals surface area (Å²) in [5.41, 5.74) is 3.30. The Hall–Kier alpha value is -2.38. The molecule has 0 aliphatic rings. The zero-order valence-corrected chi connectivity index (χ0v) is 12.0. The van der Waals surface area contributed by atoms with Crippen LogP contribution in [0.3, 0.4) is 0 Å². The van der Waals surface area contributed by atoms with Crippen molar-refractivity contribution in [3.8, 4) is 11.1 Å². The first-order valence-corrected chi connectivity index (χ1v) is 7.23. The van der Waals surface area contributed by atoms with Gasteiger partial charge in [0, 0.05) is 5.39 Å². The minimum atomic E-state index is 0.526. The lowest BCUT2D eigenvalue weighted by molar-refractivity contribution is 1.41. The Morgan fingerprint density at radius 3 is 2.48 bits per heavy atom. The Bertz CT molecular complexity index is 960. The van der Waals surface area contributed by atoms with Crippen LogP contribution in [0.5, 0.6) is 0 Å². The van der Waals surface area contributed by atoms with Crippen molar-refractivity contribution in [3.05, 3.63) is 77.9 Å². The van der Waals surface area contributed by atoms with E-state index in [0.29, 0.717) is 5.15 Å². The van der Waals surface area contributed by atoms with E-state index in [-0.39, 0.29) is 0 Å². The van der Waals surface area contributed by atoms with Crippen LogP contribution in [0.15, 0.2) is 72.8 Å². The van der Waals surface area contributed by atoms with Gasteiger partial charge in [0.1, 0.15) is 5.15 Å². The molecule has 0 unspecified atom stereocenters. The molecule has 0 fully saturated rings. The van der Waals surface area contributed by atoms with Gasteiger partial charge in [-0.15, -0.1) is 0 Å². The van der Waals surface area contributed by atoms with Crippen molar-refractivity contribution < 1.29 is 0 Å². The molecule has 100 valence electrons. The van der Waals surface area contributed by atoms with E-state index in [4.69, 9.17) is 11.6 Å². The highest BCUT2D eigenvalue weighted by atomic mass is 35.5. The Morgan fingerprint density at radius 2 is 1.57 bits per heavy atom. The van der Waals surface area contributed by atoms with Crippen molar-refractivity contribution in [2.45, 2.75) is 0 Å². The molecule has 0 bridgehead atoms. The molecule has 1 heterocycles. The average molecular weight is 290 g/mol. The number of hydrogen-bond donors (Lipinski definition) is 0. The Balaban J connectivity index is 1.99. The molecule has 3 aromatic carbocycles. The number of aromatic nitrogens is 1. The SMILES string of the molecule is Clc1ccc2c(-c3ccc4ccccc4c3)cccc2n1. The first kappa shape index (κ1) is 12.4. The van der Waals surface area contributed by atoms with Gasteiger partial charge in [-0.05, 0) is 46.2 Å². The highest BCUT2D eigenvalue weighted by Crippen LogP contribution is 2.30. The van der Waals surface area contributed by atoms with Gasteiger partial charge < -0.3 is 0 Å². The van der Waals surface area contributed by atoms with Crippen LogP contribution in [0.1, 0.15) is 0 Å². The van der Waals surface area contributed by atoms with E-state index in [1.54, 1.807) is 0 Å². The van der Waals surface area contributed by atoms with E-state index >= 15 is 0 Å². The van der Waals surface area contributed by atoms with Gasteiger partial charge in [0.05, 0.1) is 5.52 Å². The van der Waals surface area contributed by atoms with Gasteiger partial charge in [0.15, 0.2) is 0 Å². The Labute approximate surface area is 127 Å². The summed E-state index contributed by atoms with van der Waals surface area (Å²) >= 11 is 5.98. The molecule has 0 aliphatic heterocycles. The molecule has 0 N–H and O–H groups in total. The summed E-state index contributed by atoms with van der Waals surface area (Å²) < 4.78 is 0. The van der Waals surface area contributed by atoms with Crippen LogP contribution < -0.4 is 0 Å². The van der Waals surface area contributed by atoms with Crippen LogP contribution in [0.4, 0.5) is 0 Å². The van der Waals surface area contributed by atoms with Crippen LogP contribution in [-0.4, -0.2) is 4.98 Å². The predicted molar refractivity (Wildman–Crippen MR) is 89.7 cm³/mol. The maximum absolute atomic E-state index is 5.98. The Kier molecular flexibility index (Phi) is 2.87. The molecule has 2 heteroatoms. The van der Waals surface area contributed by atoms with Crippen LogP contribution in [0.2, 0.25) is 5.15 Å². The fraction of sp³-hybridized carbons (Fsp3) is 0. The number of nitrogens with zero attached hydrogens (tertiary/aromatic N) is 1. The van der Waals surface area contributed by atoms with Crippen molar-refractivity contribution >= 4 is 33.3 Å². The van der Waals surface area contributed by atoms with Gasteiger partial charge in [0.25, 0.3) is 0 Å². The van der Waals surface area contributed by atoms with E-state index in [1.165, 1.54) is 21.9 Å². The number of fused-ring (bicyclic) bond motifs is 2. The van der Waals surface area contributed by atoms with E-state index in [0.717, 1.165) is 10.9 Å². The first-order chi connectivity index (χ1) is 10.3. The fourth-order valence-corrected chi connectivity index (χ4v) is 2.89. The summed E-state index contributed by atoms with van der Waals surface area (Å²) in [6, 6.07) is 25.0. The fourth-order valence-electron chi connectivity index (χ4n) is 2.74. The van der Waals surface area contributed by atoms with E-state index in [2.05, 4.69) is 53.5 Å². The van der Waals surface area contributed by atoms with Crippen molar-refractivity contribution in [3.63, 3.8) is 0 Å². The Morgan fingerprint density at radius 1 is 0.714 bits per heavy atom. The van der Waals surface area contributed by atoms with Crippen LogP contribution in [-0.2, 0) is 0 Å². The minimum Gasteiger partial charge on any atom is -0.236 e. The van der Waals surface area contributed by atoms with Gasteiger partial charge >= 0.3 is 0 Å². The monoisotopic (exact) mass is 289 g/mol. The summed E-state index contributed by atoms with van der Waals surface area (Å²) in [6.45, 7) is 0. The third kappa shape index (κ3) is 2.16. The average Bonchev–Trinajstić information content (AvgIpc) is 2.53. The second-order valence-corrected chi connectivity index (χ2v) is 5.46. The molecule has 0 radical (unpaired) electrons. The topological polar surface area (TPSA) is 12.9 Å². The first-order valence-electron chi connectivity index (χ1n) is 6.86. The lowest BCUT2D eigenvalue weighted by atomic mass is 9.98. The van der Waals surface area contributed by atoms with Crippen molar-refractivity contribution in [2.75, 3.05) is 0 Å². The van der Waals surface area contributed by atoms with Gasteiger partial charge in [-0.3, -0.25) is 0 Å². The standard InChI is InChI=1S/C19H12ClN/c20-19-11-10-17-16(6-3-7-18(17)21-19)15-9-8-13-4-1-2-5-14(13)12-15/h1-12H. The van der Waals surface area contributed by atoms with Crippen LogP contribution >= 0.6 is 11.6 Å². The minimum absolute atomic E-state index is 0.526. The van der Waals surface area contributed by atoms with E-state index in [9.17, 15) is 0 Å². The predicted octanol–water partition coefficient (Wildman–Crippen LogP) is 5.71. The quantitative estimate of drug-likeness (QED) is 0.409. The second-order valence-electron chi connectivity index (χ2n) is 5.07. The number of rotatable bonds is 1. The maximum Gasteiger partial charge on any atom is 0.129 e. The van der Waals surface area contributed by atoms with Gasteiger partial charge in [-0.25, -0.2) is 4.98 Å². The summed E-state index contributed by atoms with van der Waals surface area (Å²) in [4.78, 5) is 4.39. The summed E-state index contributed by atoms with van der Waals surface area (Å²) in [5.74, 6) is 0. The highest BCUT2D eigenvalue weighted by Gasteiger charge is 2.05. The molecule has 1 aromatic heterocycles. The highest BCUT2D eigenvalue weighted by molar-refractivity contribution is 6.29. The van der Waals surface area contributed by atoms with Crippen molar-refractivity contribution in [2.24, 2.45) is 0 Å². The molecule has 0 amide bonds. The normalized spacial score (nSPS) is 11.1. The van der Waals surface area contributed by atoms with E-state index in [1.807, 2.05) is 24.3 Å².